The summed E-state index contributed by atoms with van der Waals surface area (Å²) < 4.78 is 44.6. The minimum atomic E-state index is -4.48. The highest BCUT2D eigenvalue weighted by atomic mass is 19.4. The third-order valence-corrected chi connectivity index (χ3v) is 6.73. The first-order valence-corrected chi connectivity index (χ1v) is 12.3. The first-order chi connectivity index (χ1) is 17.7. The number of urea groups is 1. The van der Waals surface area contributed by atoms with Crippen LogP contribution in [0.2, 0.25) is 0 Å². The molecular formula is C27H31F3N4O3. The van der Waals surface area contributed by atoms with Crippen LogP contribution in [0.5, 0.6) is 0 Å². The van der Waals surface area contributed by atoms with E-state index in [2.05, 4.69) is 27.2 Å². The Hall–Kier alpha value is -3.37. The van der Waals surface area contributed by atoms with E-state index in [4.69, 9.17) is 4.74 Å². The van der Waals surface area contributed by atoms with Gasteiger partial charge in [0.15, 0.2) is 0 Å². The maximum atomic E-state index is 13.1. The average Bonchev–Trinajstić information content (AvgIpc) is 2.88. The van der Waals surface area contributed by atoms with Gasteiger partial charge in [-0.05, 0) is 30.2 Å². The molecule has 1 unspecified atom stereocenters. The van der Waals surface area contributed by atoms with Crippen molar-refractivity contribution >= 4 is 12.0 Å². The van der Waals surface area contributed by atoms with E-state index in [9.17, 15) is 22.8 Å². The number of amides is 2. The Morgan fingerprint density at radius 3 is 2.14 bits per heavy atom. The van der Waals surface area contributed by atoms with Gasteiger partial charge in [0.05, 0.1) is 23.8 Å². The molecule has 0 spiro atoms. The van der Waals surface area contributed by atoms with Gasteiger partial charge in [-0.15, -0.1) is 0 Å². The zero-order valence-electron chi connectivity index (χ0n) is 20.9. The molecule has 2 amide bonds. The molecule has 0 saturated carbocycles. The molecule has 2 aromatic carbocycles. The Bertz CT molecular complexity index is 1130. The van der Waals surface area contributed by atoms with E-state index in [1.165, 1.54) is 22.6 Å². The molecule has 1 fully saturated rings. The van der Waals surface area contributed by atoms with Crippen molar-refractivity contribution in [1.29, 1.82) is 0 Å². The molecular weight excluding hydrogens is 485 g/mol. The minimum absolute atomic E-state index is 0.130. The van der Waals surface area contributed by atoms with E-state index in [-0.39, 0.29) is 12.2 Å². The van der Waals surface area contributed by atoms with Gasteiger partial charge in [0.2, 0.25) is 0 Å². The normalized spacial score (nSPS) is 19.6. The highest BCUT2D eigenvalue weighted by Crippen LogP contribution is 2.34. The second-order valence-electron chi connectivity index (χ2n) is 9.18. The zero-order chi connectivity index (χ0) is 26.6. The Kier molecular flexibility index (Phi) is 8.19. The van der Waals surface area contributed by atoms with Gasteiger partial charge in [-0.2, -0.15) is 13.2 Å². The Morgan fingerprint density at radius 1 is 0.973 bits per heavy atom. The fraction of sp³-hybridized carbons (Fsp3) is 0.407. The van der Waals surface area contributed by atoms with Crippen LogP contribution in [0.1, 0.15) is 29.7 Å². The maximum absolute atomic E-state index is 13.1. The summed E-state index contributed by atoms with van der Waals surface area (Å²) in [6.45, 7) is 6.15. The lowest BCUT2D eigenvalue weighted by atomic mass is 9.93. The monoisotopic (exact) mass is 516 g/mol. The predicted molar refractivity (Wildman–Crippen MR) is 132 cm³/mol. The van der Waals surface area contributed by atoms with E-state index in [0.29, 0.717) is 17.8 Å². The number of nitrogens with zero attached hydrogens (tertiary/aromatic N) is 3. The molecule has 2 aromatic rings. The van der Waals surface area contributed by atoms with E-state index >= 15 is 0 Å². The molecule has 4 rings (SSSR count). The van der Waals surface area contributed by atoms with Crippen LogP contribution in [0.4, 0.5) is 18.0 Å². The Morgan fingerprint density at radius 2 is 1.57 bits per heavy atom. The van der Waals surface area contributed by atoms with Gasteiger partial charge < -0.3 is 10.1 Å². The first kappa shape index (κ1) is 26.7. The number of carbonyl (C=O) groups is 2. The van der Waals surface area contributed by atoms with Crippen LogP contribution < -0.4 is 5.32 Å². The highest BCUT2D eigenvalue weighted by Gasteiger charge is 2.38. The maximum Gasteiger partial charge on any atom is 0.416 e. The van der Waals surface area contributed by atoms with Crippen LogP contribution in [-0.4, -0.2) is 73.1 Å². The summed E-state index contributed by atoms with van der Waals surface area (Å²) in [5, 5.41) is 2.75. The lowest BCUT2D eigenvalue weighted by Gasteiger charge is -2.39. The smallest absolute Gasteiger partial charge is 0.416 e. The van der Waals surface area contributed by atoms with Crippen molar-refractivity contribution in [2.45, 2.75) is 25.7 Å². The topological polar surface area (TPSA) is 65.1 Å². The summed E-state index contributed by atoms with van der Waals surface area (Å²) >= 11 is 0. The third kappa shape index (κ3) is 6.31. The summed E-state index contributed by atoms with van der Waals surface area (Å²) in [7, 11) is 1.58. The summed E-state index contributed by atoms with van der Waals surface area (Å²) in [6, 6.07) is 13.4. The number of nitrogens with one attached hydrogen (secondary N) is 1. The van der Waals surface area contributed by atoms with E-state index in [1.54, 1.807) is 14.0 Å². The number of halogens is 3. The number of alkyl halides is 3. The molecule has 7 nitrogen and oxygen atoms in total. The number of ether oxygens (including phenoxy) is 1. The molecule has 37 heavy (non-hydrogen) atoms. The van der Waals surface area contributed by atoms with Gasteiger partial charge in [0.1, 0.15) is 0 Å². The summed E-state index contributed by atoms with van der Waals surface area (Å²) in [5.41, 5.74) is 1.54. The number of carbonyl (C=O) groups excluding carboxylic acids is 2. The lowest BCUT2D eigenvalue weighted by molar-refractivity contribution is -0.139. The molecule has 1 atom stereocenters. The predicted octanol–water partition coefficient (Wildman–Crippen LogP) is 4.04. The van der Waals surface area contributed by atoms with Crippen LogP contribution in [-0.2, 0) is 22.3 Å². The van der Waals surface area contributed by atoms with Gasteiger partial charge in [-0.25, -0.2) is 9.59 Å². The second kappa shape index (κ2) is 11.4. The molecule has 2 aliphatic heterocycles. The van der Waals surface area contributed by atoms with Crippen molar-refractivity contribution in [2.24, 2.45) is 0 Å². The number of likely N-dealkylation sites (N-methyl/N-ethyl adjacent to an activating group) is 1. The minimum Gasteiger partial charge on any atom is -0.463 e. The SMILES string of the molecule is CCOC(=O)C1=C(CN2CCN(Cc3ccccc3)CC2)N(C)C(=O)NC1c1ccc(C(F)(F)F)cc1. The van der Waals surface area contributed by atoms with Crippen molar-refractivity contribution < 1.29 is 27.5 Å². The molecule has 10 heteroatoms. The Balaban J connectivity index is 1.57. The van der Waals surface area contributed by atoms with Crippen LogP contribution in [0, 0.1) is 0 Å². The Labute approximate surface area is 214 Å². The summed E-state index contributed by atoms with van der Waals surface area (Å²) in [4.78, 5) is 31.9. The van der Waals surface area contributed by atoms with Gasteiger partial charge >= 0.3 is 18.2 Å². The fourth-order valence-corrected chi connectivity index (χ4v) is 4.67. The molecule has 0 radical (unpaired) electrons. The van der Waals surface area contributed by atoms with E-state index in [1.807, 2.05) is 18.2 Å². The summed E-state index contributed by atoms with van der Waals surface area (Å²) in [5.74, 6) is -0.600. The summed E-state index contributed by atoms with van der Waals surface area (Å²) in [6.07, 6.45) is -4.48. The van der Waals surface area contributed by atoms with Gasteiger partial charge in [-0.3, -0.25) is 14.7 Å². The van der Waals surface area contributed by atoms with Crippen LogP contribution >= 0.6 is 0 Å². The fourth-order valence-electron chi connectivity index (χ4n) is 4.67. The largest absolute Gasteiger partial charge is 0.463 e. The second-order valence-corrected chi connectivity index (χ2v) is 9.18. The zero-order valence-corrected chi connectivity index (χ0v) is 20.9. The van der Waals surface area contributed by atoms with Crippen molar-refractivity contribution in [2.75, 3.05) is 46.4 Å². The van der Waals surface area contributed by atoms with Crippen LogP contribution in [0.25, 0.3) is 0 Å². The van der Waals surface area contributed by atoms with Gasteiger partial charge in [-0.1, -0.05) is 42.5 Å². The van der Waals surface area contributed by atoms with Crippen molar-refractivity contribution in [3.8, 4) is 0 Å². The molecule has 1 saturated heterocycles. The molecule has 1 N–H and O–H groups in total. The first-order valence-electron chi connectivity index (χ1n) is 12.3. The lowest BCUT2D eigenvalue weighted by Crippen LogP contribution is -2.52. The number of hydrogen-bond donors (Lipinski definition) is 1. The van der Waals surface area contributed by atoms with Crippen molar-refractivity contribution in [1.82, 2.24) is 20.0 Å². The number of esters is 1. The molecule has 0 bridgehead atoms. The standard InChI is InChI=1S/C27H31F3N4O3/c1-3-37-25(35)23-22(18-34-15-13-33(14-16-34)17-19-7-5-4-6-8-19)32(2)26(36)31-24(23)20-9-11-21(12-10-20)27(28,29)30/h4-12,24H,3,13-18H2,1-2H3,(H,31,36). The number of benzene rings is 2. The number of hydrogen-bond acceptors (Lipinski definition) is 5. The molecule has 198 valence electrons. The van der Waals surface area contributed by atoms with Gasteiger partial charge in [0.25, 0.3) is 0 Å². The number of piperazine rings is 1. The molecule has 0 aliphatic carbocycles. The van der Waals surface area contributed by atoms with E-state index < -0.39 is 29.8 Å². The third-order valence-electron chi connectivity index (χ3n) is 6.73. The number of rotatable bonds is 7. The van der Waals surface area contributed by atoms with Gasteiger partial charge in [0, 0.05) is 52.0 Å². The van der Waals surface area contributed by atoms with E-state index in [0.717, 1.165) is 44.9 Å². The van der Waals surface area contributed by atoms with Crippen LogP contribution in [0.3, 0.4) is 0 Å². The average molecular weight is 517 g/mol. The molecule has 0 aromatic heterocycles. The van der Waals surface area contributed by atoms with Crippen LogP contribution in [0.15, 0.2) is 65.9 Å². The van der Waals surface area contributed by atoms with Crippen molar-refractivity contribution in [3.63, 3.8) is 0 Å². The quantitative estimate of drug-likeness (QED) is 0.563. The molecule has 2 heterocycles. The molecule has 2 aliphatic rings. The highest BCUT2D eigenvalue weighted by molar-refractivity contribution is 5.95. The van der Waals surface area contributed by atoms with Crippen molar-refractivity contribution in [3.05, 3.63) is 82.6 Å².